The first-order valence-electron chi connectivity index (χ1n) is 3.24. The van der Waals surface area contributed by atoms with Gasteiger partial charge in [-0.3, -0.25) is 5.10 Å². The van der Waals surface area contributed by atoms with Crippen LogP contribution >= 0.6 is 11.6 Å². The standard InChI is InChI=1S/C7H6ClN3/c1-4-2-5(8)7-6(3-4)9-11-10-7/h2-3H,1H3,(H,9,10,11). The van der Waals surface area contributed by atoms with Crippen molar-refractivity contribution in [3.63, 3.8) is 0 Å². The van der Waals surface area contributed by atoms with Crippen LogP contribution in [-0.4, -0.2) is 15.4 Å². The van der Waals surface area contributed by atoms with E-state index in [1.807, 2.05) is 19.1 Å². The summed E-state index contributed by atoms with van der Waals surface area (Å²) in [7, 11) is 0. The number of hydrogen-bond acceptors (Lipinski definition) is 2. The molecule has 0 aliphatic carbocycles. The van der Waals surface area contributed by atoms with Gasteiger partial charge in [-0.25, -0.2) is 0 Å². The molecule has 0 radical (unpaired) electrons. The van der Waals surface area contributed by atoms with Crippen LogP contribution in [0.5, 0.6) is 0 Å². The van der Waals surface area contributed by atoms with Crippen LogP contribution in [0, 0.1) is 6.92 Å². The van der Waals surface area contributed by atoms with Crippen molar-refractivity contribution in [1.82, 2.24) is 15.4 Å². The highest BCUT2D eigenvalue weighted by Gasteiger charge is 2.02. The topological polar surface area (TPSA) is 41.6 Å². The van der Waals surface area contributed by atoms with E-state index in [1.54, 1.807) is 0 Å². The Hall–Kier alpha value is -1.09. The molecule has 0 amide bonds. The Morgan fingerprint density at radius 3 is 3.09 bits per heavy atom. The molecule has 1 aromatic carbocycles. The molecule has 2 rings (SSSR count). The van der Waals surface area contributed by atoms with Gasteiger partial charge in [0.25, 0.3) is 0 Å². The van der Waals surface area contributed by atoms with Crippen LogP contribution < -0.4 is 0 Å². The van der Waals surface area contributed by atoms with Crippen molar-refractivity contribution in [2.24, 2.45) is 0 Å². The molecule has 2 aromatic rings. The number of nitrogens with one attached hydrogen (secondary N) is 1. The lowest BCUT2D eigenvalue weighted by Crippen LogP contribution is -1.75. The summed E-state index contributed by atoms with van der Waals surface area (Å²) in [5.41, 5.74) is 2.72. The van der Waals surface area contributed by atoms with E-state index in [0.717, 1.165) is 16.6 Å². The van der Waals surface area contributed by atoms with Gasteiger partial charge in [0.05, 0.1) is 10.5 Å². The Balaban J connectivity index is 2.91. The van der Waals surface area contributed by atoms with Crippen LogP contribution in [0.15, 0.2) is 12.1 Å². The molecule has 56 valence electrons. The molecule has 0 unspecified atom stereocenters. The third-order valence-corrected chi connectivity index (χ3v) is 1.82. The van der Waals surface area contributed by atoms with Gasteiger partial charge in [-0.15, -0.1) is 5.10 Å². The number of benzene rings is 1. The van der Waals surface area contributed by atoms with Crippen molar-refractivity contribution < 1.29 is 0 Å². The van der Waals surface area contributed by atoms with E-state index >= 15 is 0 Å². The Morgan fingerprint density at radius 1 is 1.45 bits per heavy atom. The quantitative estimate of drug-likeness (QED) is 0.652. The van der Waals surface area contributed by atoms with E-state index in [9.17, 15) is 0 Å². The van der Waals surface area contributed by atoms with Gasteiger partial charge >= 0.3 is 0 Å². The average molecular weight is 168 g/mol. The summed E-state index contributed by atoms with van der Waals surface area (Å²) >= 11 is 5.88. The molecule has 1 aromatic heterocycles. The second-order valence-corrected chi connectivity index (χ2v) is 2.86. The van der Waals surface area contributed by atoms with Crippen molar-refractivity contribution in [2.75, 3.05) is 0 Å². The molecule has 0 aliphatic heterocycles. The summed E-state index contributed by atoms with van der Waals surface area (Å²) < 4.78 is 0. The SMILES string of the molecule is Cc1cc(Cl)c2nn[nH]c2c1. The van der Waals surface area contributed by atoms with Crippen molar-refractivity contribution >= 4 is 22.6 Å². The minimum Gasteiger partial charge on any atom is -0.257 e. The molecule has 0 aliphatic rings. The third-order valence-electron chi connectivity index (χ3n) is 1.53. The van der Waals surface area contributed by atoms with Gasteiger partial charge in [0.1, 0.15) is 5.52 Å². The molecular formula is C7H6ClN3. The number of fused-ring (bicyclic) bond motifs is 1. The molecule has 0 saturated heterocycles. The Bertz CT molecular complexity index is 393. The lowest BCUT2D eigenvalue weighted by atomic mass is 10.2. The fourth-order valence-electron chi connectivity index (χ4n) is 1.05. The van der Waals surface area contributed by atoms with Gasteiger partial charge in [0.15, 0.2) is 0 Å². The number of aromatic nitrogens is 3. The summed E-state index contributed by atoms with van der Waals surface area (Å²) in [6, 6.07) is 3.83. The van der Waals surface area contributed by atoms with Crippen LogP contribution in [0.3, 0.4) is 0 Å². The summed E-state index contributed by atoms with van der Waals surface area (Å²) in [5, 5.41) is 10.9. The number of hydrogen-bond donors (Lipinski definition) is 1. The fraction of sp³-hybridized carbons (Fsp3) is 0.143. The highest BCUT2D eigenvalue weighted by atomic mass is 35.5. The zero-order valence-electron chi connectivity index (χ0n) is 5.93. The van der Waals surface area contributed by atoms with Crippen molar-refractivity contribution in [2.45, 2.75) is 6.92 Å². The minimum absolute atomic E-state index is 0.647. The van der Waals surface area contributed by atoms with Gasteiger partial charge in [-0.1, -0.05) is 16.8 Å². The van der Waals surface area contributed by atoms with Gasteiger partial charge in [0, 0.05) is 0 Å². The normalized spacial score (nSPS) is 10.7. The van der Waals surface area contributed by atoms with Crippen LogP contribution in [0.25, 0.3) is 11.0 Å². The Morgan fingerprint density at radius 2 is 2.27 bits per heavy atom. The Labute approximate surface area is 68.4 Å². The van der Waals surface area contributed by atoms with E-state index in [2.05, 4.69) is 15.4 Å². The first-order valence-corrected chi connectivity index (χ1v) is 3.62. The molecule has 4 heteroatoms. The molecule has 11 heavy (non-hydrogen) atoms. The predicted molar refractivity (Wildman–Crippen MR) is 43.6 cm³/mol. The number of nitrogens with zero attached hydrogens (tertiary/aromatic N) is 2. The molecule has 0 fully saturated rings. The zero-order chi connectivity index (χ0) is 7.84. The lowest BCUT2D eigenvalue weighted by Gasteiger charge is -1.92. The molecule has 0 bridgehead atoms. The maximum atomic E-state index is 5.88. The number of H-pyrrole nitrogens is 1. The van der Waals surface area contributed by atoms with Gasteiger partial charge < -0.3 is 0 Å². The smallest absolute Gasteiger partial charge is 0.131 e. The van der Waals surface area contributed by atoms with Gasteiger partial charge in [-0.05, 0) is 24.6 Å². The zero-order valence-corrected chi connectivity index (χ0v) is 6.68. The van der Waals surface area contributed by atoms with E-state index in [-0.39, 0.29) is 0 Å². The second-order valence-electron chi connectivity index (χ2n) is 2.45. The van der Waals surface area contributed by atoms with E-state index in [1.165, 1.54) is 0 Å². The molecule has 0 spiro atoms. The summed E-state index contributed by atoms with van der Waals surface area (Å²) in [6.45, 7) is 1.98. The Kier molecular flexibility index (Phi) is 1.32. The molecule has 0 saturated carbocycles. The van der Waals surface area contributed by atoms with Gasteiger partial charge in [-0.2, -0.15) is 0 Å². The monoisotopic (exact) mass is 167 g/mol. The summed E-state index contributed by atoms with van der Waals surface area (Å²) in [6.07, 6.45) is 0. The molecule has 3 nitrogen and oxygen atoms in total. The predicted octanol–water partition coefficient (Wildman–Crippen LogP) is 1.92. The van der Waals surface area contributed by atoms with Crippen LogP contribution in [0.4, 0.5) is 0 Å². The fourth-order valence-corrected chi connectivity index (χ4v) is 1.36. The first kappa shape index (κ1) is 6.61. The molecular weight excluding hydrogens is 162 g/mol. The molecule has 1 N–H and O–H groups in total. The van der Waals surface area contributed by atoms with Crippen LogP contribution in [-0.2, 0) is 0 Å². The number of aromatic amines is 1. The second kappa shape index (κ2) is 2.20. The van der Waals surface area contributed by atoms with E-state index in [0.29, 0.717) is 5.02 Å². The largest absolute Gasteiger partial charge is 0.257 e. The molecule has 1 heterocycles. The number of rotatable bonds is 0. The van der Waals surface area contributed by atoms with Gasteiger partial charge in [0.2, 0.25) is 0 Å². The maximum Gasteiger partial charge on any atom is 0.131 e. The van der Waals surface area contributed by atoms with Crippen molar-refractivity contribution in [3.05, 3.63) is 22.7 Å². The molecule has 0 atom stereocenters. The number of aryl methyl sites for hydroxylation is 1. The van der Waals surface area contributed by atoms with E-state index < -0.39 is 0 Å². The third kappa shape index (κ3) is 0.973. The summed E-state index contributed by atoms with van der Waals surface area (Å²) in [4.78, 5) is 0. The minimum atomic E-state index is 0.647. The highest BCUT2D eigenvalue weighted by molar-refractivity contribution is 6.34. The summed E-state index contributed by atoms with van der Waals surface area (Å²) in [5.74, 6) is 0. The highest BCUT2D eigenvalue weighted by Crippen LogP contribution is 2.20. The van der Waals surface area contributed by atoms with Crippen molar-refractivity contribution in [3.8, 4) is 0 Å². The first-order chi connectivity index (χ1) is 5.27. The maximum absolute atomic E-state index is 5.88. The van der Waals surface area contributed by atoms with E-state index in [4.69, 9.17) is 11.6 Å². The number of halogens is 1. The average Bonchev–Trinajstić information content (AvgIpc) is 2.34. The van der Waals surface area contributed by atoms with Crippen molar-refractivity contribution in [1.29, 1.82) is 0 Å². The van der Waals surface area contributed by atoms with Crippen LogP contribution in [0.1, 0.15) is 5.56 Å². The lowest BCUT2D eigenvalue weighted by molar-refractivity contribution is 0.959. The van der Waals surface area contributed by atoms with Crippen LogP contribution in [0.2, 0.25) is 5.02 Å².